The van der Waals surface area contributed by atoms with Crippen molar-refractivity contribution in [2.45, 2.75) is 10.2 Å². The molecule has 20 heavy (non-hydrogen) atoms. The normalized spacial score (nSPS) is 10.7. The zero-order valence-electron chi connectivity index (χ0n) is 10.0. The van der Waals surface area contributed by atoms with Crippen LogP contribution in [-0.4, -0.2) is 30.2 Å². The molecule has 0 aliphatic heterocycles. The van der Waals surface area contributed by atoms with Crippen LogP contribution in [0.4, 0.5) is 5.82 Å². The smallest absolute Gasteiger partial charge is 0.220 e. The van der Waals surface area contributed by atoms with Crippen LogP contribution in [0.1, 0.15) is 0 Å². The zero-order chi connectivity index (χ0) is 13.9. The van der Waals surface area contributed by atoms with E-state index in [0.717, 1.165) is 5.69 Å². The van der Waals surface area contributed by atoms with Crippen molar-refractivity contribution in [3.05, 3.63) is 41.1 Å². The highest BCUT2D eigenvalue weighted by Gasteiger charge is 2.14. The molecule has 0 fully saturated rings. The second-order valence-electron chi connectivity index (χ2n) is 3.69. The van der Waals surface area contributed by atoms with Crippen LogP contribution in [0.5, 0.6) is 0 Å². The Balaban J connectivity index is 1.97. The van der Waals surface area contributed by atoms with Crippen molar-refractivity contribution in [3.63, 3.8) is 0 Å². The Hall–Kier alpha value is -2.00. The van der Waals surface area contributed by atoms with Crippen LogP contribution in [0.3, 0.4) is 0 Å². The summed E-state index contributed by atoms with van der Waals surface area (Å²) in [6, 6.07) is 9.62. The molecule has 0 unspecified atom stereocenters. The van der Waals surface area contributed by atoms with E-state index in [1.54, 1.807) is 4.68 Å². The van der Waals surface area contributed by atoms with Crippen LogP contribution in [0, 0.1) is 0 Å². The second kappa shape index (κ2) is 5.55. The van der Waals surface area contributed by atoms with Crippen molar-refractivity contribution in [3.8, 4) is 5.69 Å². The number of aromatic nitrogens is 6. The molecule has 2 heterocycles. The maximum Gasteiger partial charge on any atom is 0.220 e. The highest BCUT2D eigenvalue weighted by molar-refractivity contribution is 9.10. The Bertz CT molecular complexity index is 731. The Morgan fingerprint density at radius 2 is 1.95 bits per heavy atom. The number of nitrogen functional groups attached to an aromatic ring is 1. The number of halogens is 1. The van der Waals surface area contributed by atoms with Gasteiger partial charge in [0.2, 0.25) is 5.16 Å². The summed E-state index contributed by atoms with van der Waals surface area (Å²) in [6.45, 7) is 0. The van der Waals surface area contributed by atoms with Gasteiger partial charge >= 0.3 is 0 Å². The number of nitrogens with zero attached hydrogens (tertiary/aromatic N) is 6. The maximum atomic E-state index is 5.73. The average Bonchev–Trinajstić information content (AvgIpc) is 2.93. The average molecular weight is 350 g/mol. The van der Waals surface area contributed by atoms with Crippen molar-refractivity contribution >= 4 is 33.5 Å². The Labute approximate surface area is 126 Å². The molecule has 0 amide bonds. The molecule has 100 valence electrons. The molecule has 2 aromatic heterocycles. The SMILES string of the molecule is Nc1ncnc(Sc2nnnn2-c2ccccc2)c1Br. The summed E-state index contributed by atoms with van der Waals surface area (Å²) in [7, 11) is 0. The van der Waals surface area contributed by atoms with Crippen LogP contribution >= 0.6 is 27.7 Å². The van der Waals surface area contributed by atoms with Crippen molar-refractivity contribution in [1.29, 1.82) is 0 Å². The van der Waals surface area contributed by atoms with Crippen LogP contribution in [0.15, 0.2) is 51.3 Å². The van der Waals surface area contributed by atoms with Crippen molar-refractivity contribution in [2.75, 3.05) is 5.73 Å². The molecule has 1 aromatic carbocycles. The summed E-state index contributed by atoms with van der Waals surface area (Å²) in [5.41, 5.74) is 6.60. The van der Waals surface area contributed by atoms with E-state index in [2.05, 4.69) is 41.4 Å². The minimum absolute atomic E-state index is 0.376. The quantitative estimate of drug-likeness (QED) is 0.721. The van der Waals surface area contributed by atoms with Gasteiger partial charge in [0.05, 0.1) is 10.2 Å². The monoisotopic (exact) mass is 349 g/mol. The highest BCUT2D eigenvalue weighted by atomic mass is 79.9. The van der Waals surface area contributed by atoms with Gasteiger partial charge in [-0.2, -0.15) is 4.68 Å². The van der Waals surface area contributed by atoms with E-state index >= 15 is 0 Å². The molecule has 0 saturated carbocycles. The molecule has 3 aromatic rings. The number of nitrogens with two attached hydrogens (primary N) is 1. The van der Waals surface area contributed by atoms with Gasteiger partial charge in [-0.3, -0.25) is 0 Å². The fourth-order valence-corrected chi connectivity index (χ4v) is 2.72. The van der Waals surface area contributed by atoms with Gasteiger partial charge in [-0.1, -0.05) is 18.2 Å². The predicted molar refractivity (Wildman–Crippen MR) is 77.4 cm³/mol. The molecule has 0 atom stereocenters. The Morgan fingerprint density at radius 1 is 1.15 bits per heavy atom. The summed E-state index contributed by atoms with van der Waals surface area (Å²) in [6.07, 6.45) is 1.40. The summed E-state index contributed by atoms with van der Waals surface area (Å²) in [5, 5.41) is 12.9. The molecular formula is C11H8BrN7S. The number of tetrazole rings is 1. The molecule has 7 nitrogen and oxygen atoms in total. The lowest BCUT2D eigenvalue weighted by molar-refractivity contribution is 0.755. The van der Waals surface area contributed by atoms with Crippen LogP contribution in [0.2, 0.25) is 0 Å². The van der Waals surface area contributed by atoms with E-state index in [0.29, 0.717) is 20.5 Å². The number of hydrogen-bond donors (Lipinski definition) is 1. The van der Waals surface area contributed by atoms with Crippen molar-refractivity contribution in [1.82, 2.24) is 30.2 Å². The van der Waals surface area contributed by atoms with Crippen molar-refractivity contribution < 1.29 is 0 Å². The standard InChI is InChI=1S/C11H8BrN7S/c12-8-9(13)14-6-15-10(8)20-11-16-17-18-19(11)7-4-2-1-3-5-7/h1-6H,(H2,13,14,15). The number of benzene rings is 1. The lowest BCUT2D eigenvalue weighted by Crippen LogP contribution is -2.00. The number of para-hydroxylation sites is 1. The number of rotatable bonds is 3. The summed E-state index contributed by atoms with van der Waals surface area (Å²) >= 11 is 4.66. The second-order valence-corrected chi connectivity index (χ2v) is 5.44. The lowest BCUT2D eigenvalue weighted by atomic mass is 10.3. The van der Waals surface area contributed by atoms with Gasteiger partial charge in [-0.05, 0) is 50.3 Å². The third-order valence-electron chi connectivity index (χ3n) is 2.41. The maximum absolute atomic E-state index is 5.73. The first-order chi connectivity index (χ1) is 9.75. The minimum Gasteiger partial charge on any atom is -0.383 e. The molecule has 0 aliphatic rings. The third kappa shape index (κ3) is 2.49. The van der Waals surface area contributed by atoms with E-state index in [-0.39, 0.29) is 0 Å². The fraction of sp³-hybridized carbons (Fsp3) is 0. The van der Waals surface area contributed by atoms with Gasteiger partial charge in [0.25, 0.3) is 0 Å². The van der Waals surface area contributed by atoms with E-state index in [1.807, 2.05) is 30.3 Å². The largest absolute Gasteiger partial charge is 0.383 e. The van der Waals surface area contributed by atoms with E-state index in [1.165, 1.54) is 18.1 Å². The van der Waals surface area contributed by atoms with Gasteiger partial charge < -0.3 is 5.73 Å². The molecule has 0 aliphatic carbocycles. The number of anilines is 1. The van der Waals surface area contributed by atoms with Gasteiger partial charge in [-0.15, -0.1) is 5.10 Å². The van der Waals surface area contributed by atoms with Crippen LogP contribution < -0.4 is 5.73 Å². The Morgan fingerprint density at radius 3 is 2.75 bits per heavy atom. The number of hydrogen-bond acceptors (Lipinski definition) is 7. The molecule has 0 radical (unpaired) electrons. The summed E-state index contributed by atoms with van der Waals surface area (Å²) < 4.78 is 2.27. The first kappa shape index (κ1) is 13.0. The first-order valence-electron chi connectivity index (χ1n) is 5.53. The van der Waals surface area contributed by atoms with E-state index < -0.39 is 0 Å². The van der Waals surface area contributed by atoms with E-state index in [9.17, 15) is 0 Å². The van der Waals surface area contributed by atoms with E-state index in [4.69, 9.17) is 5.73 Å². The molecule has 3 rings (SSSR count). The molecule has 0 spiro atoms. The van der Waals surface area contributed by atoms with Gasteiger partial charge in [0.15, 0.2) is 0 Å². The van der Waals surface area contributed by atoms with Gasteiger partial charge in [-0.25, -0.2) is 9.97 Å². The summed E-state index contributed by atoms with van der Waals surface area (Å²) in [5.74, 6) is 0.376. The van der Waals surface area contributed by atoms with Gasteiger partial charge in [0, 0.05) is 0 Å². The molecule has 9 heteroatoms. The molecule has 0 bridgehead atoms. The Kier molecular flexibility index (Phi) is 3.61. The topological polar surface area (TPSA) is 95.4 Å². The van der Waals surface area contributed by atoms with Gasteiger partial charge in [0.1, 0.15) is 17.2 Å². The first-order valence-corrected chi connectivity index (χ1v) is 7.14. The lowest BCUT2D eigenvalue weighted by Gasteiger charge is -2.05. The predicted octanol–water partition coefficient (Wildman–Crippen LogP) is 1.95. The molecular weight excluding hydrogens is 342 g/mol. The highest BCUT2D eigenvalue weighted by Crippen LogP contribution is 2.32. The van der Waals surface area contributed by atoms with Crippen LogP contribution in [-0.2, 0) is 0 Å². The van der Waals surface area contributed by atoms with Crippen LogP contribution in [0.25, 0.3) is 5.69 Å². The molecule has 0 saturated heterocycles. The molecule has 2 N–H and O–H groups in total. The zero-order valence-corrected chi connectivity index (χ0v) is 12.4. The third-order valence-corrected chi connectivity index (χ3v) is 4.40. The van der Waals surface area contributed by atoms with Crippen molar-refractivity contribution in [2.24, 2.45) is 0 Å². The fourth-order valence-electron chi connectivity index (χ4n) is 1.50. The minimum atomic E-state index is 0.376. The summed E-state index contributed by atoms with van der Waals surface area (Å²) in [4.78, 5) is 8.06.